The van der Waals surface area contributed by atoms with Gasteiger partial charge in [0.05, 0.1) is 6.61 Å². The van der Waals surface area contributed by atoms with Crippen molar-refractivity contribution in [1.82, 2.24) is 0 Å². The molecule has 2 nitrogen and oxygen atoms in total. The van der Waals surface area contributed by atoms with E-state index in [9.17, 15) is 8.78 Å². The van der Waals surface area contributed by atoms with Gasteiger partial charge >= 0.3 is 0 Å². The lowest BCUT2D eigenvalue weighted by Crippen LogP contribution is -2.33. The molecular weight excluding hydrogens is 116 g/mol. The quantitative estimate of drug-likeness (QED) is 0.503. The Kier molecular flexibility index (Phi) is 0.881. The number of aliphatic hydroxyl groups is 1. The van der Waals surface area contributed by atoms with Crippen LogP contribution in [-0.4, -0.2) is 23.2 Å². The second-order valence-electron chi connectivity index (χ2n) is 2.20. The monoisotopic (exact) mass is 123 g/mol. The van der Waals surface area contributed by atoms with Crippen molar-refractivity contribution in [2.24, 2.45) is 5.73 Å². The lowest BCUT2D eigenvalue weighted by atomic mass is 10.3. The van der Waals surface area contributed by atoms with Crippen LogP contribution < -0.4 is 5.73 Å². The Morgan fingerprint density at radius 3 is 2.00 bits per heavy atom. The molecule has 1 fully saturated rings. The van der Waals surface area contributed by atoms with E-state index < -0.39 is 18.1 Å². The zero-order valence-electron chi connectivity index (χ0n) is 4.19. The van der Waals surface area contributed by atoms with Gasteiger partial charge in [-0.2, -0.15) is 0 Å². The Bertz CT molecular complexity index is 117. The Balaban J connectivity index is 2.55. The minimum atomic E-state index is -2.82. The number of hydrogen-bond acceptors (Lipinski definition) is 2. The highest BCUT2D eigenvalue weighted by Gasteiger charge is 2.68. The molecule has 8 heavy (non-hydrogen) atoms. The molecule has 1 rings (SSSR count). The number of halogens is 2. The number of alkyl halides is 2. The van der Waals surface area contributed by atoms with E-state index in [0.717, 1.165) is 0 Å². The summed E-state index contributed by atoms with van der Waals surface area (Å²) in [5.41, 5.74) is 3.33. The molecule has 0 aromatic rings. The molecule has 0 spiro atoms. The van der Waals surface area contributed by atoms with Crippen LogP contribution in [0.25, 0.3) is 0 Å². The van der Waals surface area contributed by atoms with Gasteiger partial charge in [-0.15, -0.1) is 0 Å². The van der Waals surface area contributed by atoms with Crippen molar-refractivity contribution in [3.63, 3.8) is 0 Å². The highest BCUT2D eigenvalue weighted by atomic mass is 19.3. The van der Waals surface area contributed by atoms with E-state index in [4.69, 9.17) is 10.8 Å². The van der Waals surface area contributed by atoms with Crippen molar-refractivity contribution in [3.8, 4) is 0 Å². The summed E-state index contributed by atoms with van der Waals surface area (Å²) < 4.78 is 23.8. The van der Waals surface area contributed by atoms with E-state index in [1.807, 2.05) is 0 Å². The van der Waals surface area contributed by atoms with E-state index in [-0.39, 0.29) is 6.42 Å². The molecule has 1 saturated carbocycles. The van der Waals surface area contributed by atoms with Crippen LogP contribution in [0.4, 0.5) is 8.78 Å². The van der Waals surface area contributed by atoms with Crippen molar-refractivity contribution in [2.75, 3.05) is 6.61 Å². The van der Waals surface area contributed by atoms with Gasteiger partial charge in [0, 0.05) is 6.42 Å². The largest absolute Gasteiger partial charge is 0.394 e. The van der Waals surface area contributed by atoms with Gasteiger partial charge in [-0.3, -0.25) is 0 Å². The van der Waals surface area contributed by atoms with Gasteiger partial charge < -0.3 is 10.8 Å². The summed E-state index contributed by atoms with van der Waals surface area (Å²) in [7, 11) is 0. The minimum absolute atomic E-state index is 0.378. The molecular formula is C4H7F2NO. The highest BCUT2D eigenvalue weighted by molar-refractivity contribution is 5.15. The van der Waals surface area contributed by atoms with Gasteiger partial charge in [0.15, 0.2) is 0 Å². The zero-order chi connectivity index (χ0) is 6.41. The van der Waals surface area contributed by atoms with Crippen LogP contribution in [0, 0.1) is 0 Å². The molecule has 0 amide bonds. The molecule has 0 aliphatic heterocycles. The Labute approximate surface area is 45.3 Å². The molecule has 0 bridgehead atoms. The van der Waals surface area contributed by atoms with Crippen LogP contribution in [0.15, 0.2) is 0 Å². The minimum Gasteiger partial charge on any atom is -0.394 e. The fraction of sp³-hybridized carbons (Fsp3) is 1.00. The van der Waals surface area contributed by atoms with Crippen LogP contribution in [0.5, 0.6) is 0 Å². The van der Waals surface area contributed by atoms with Gasteiger partial charge in [0.25, 0.3) is 5.92 Å². The molecule has 1 atom stereocenters. The maximum atomic E-state index is 11.9. The second-order valence-corrected chi connectivity index (χ2v) is 2.20. The van der Waals surface area contributed by atoms with E-state index in [1.165, 1.54) is 0 Å². The van der Waals surface area contributed by atoms with E-state index in [1.54, 1.807) is 0 Å². The molecule has 0 aromatic carbocycles. The number of hydrogen-bond donors (Lipinski definition) is 2. The predicted octanol–water partition coefficient (Wildman–Crippen LogP) is -0.285. The SMILES string of the molecule is NC1(CO)CC1(F)F. The van der Waals surface area contributed by atoms with Crippen LogP contribution in [0.1, 0.15) is 6.42 Å². The third-order valence-electron chi connectivity index (χ3n) is 1.42. The first-order chi connectivity index (χ1) is 3.52. The van der Waals surface area contributed by atoms with Crippen molar-refractivity contribution in [3.05, 3.63) is 0 Å². The van der Waals surface area contributed by atoms with Crippen LogP contribution in [0.2, 0.25) is 0 Å². The van der Waals surface area contributed by atoms with E-state index >= 15 is 0 Å². The fourth-order valence-corrected chi connectivity index (χ4v) is 0.524. The Hall–Kier alpha value is -0.220. The highest BCUT2D eigenvalue weighted by Crippen LogP contribution is 2.49. The smallest absolute Gasteiger partial charge is 0.270 e. The summed E-state index contributed by atoms with van der Waals surface area (Å²) in [5, 5.41) is 8.20. The average Bonchev–Trinajstić information content (AvgIpc) is 2.10. The van der Waals surface area contributed by atoms with Gasteiger partial charge in [-0.05, 0) is 0 Å². The summed E-state index contributed by atoms with van der Waals surface area (Å²) in [6.45, 7) is -0.625. The molecule has 3 N–H and O–H groups in total. The maximum absolute atomic E-state index is 11.9. The third-order valence-corrected chi connectivity index (χ3v) is 1.42. The summed E-state index contributed by atoms with van der Waals surface area (Å²) in [4.78, 5) is 0. The average molecular weight is 123 g/mol. The molecule has 0 aromatic heterocycles. The maximum Gasteiger partial charge on any atom is 0.270 e. The Morgan fingerprint density at radius 1 is 1.62 bits per heavy atom. The van der Waals surface area contributed by atoms with Crippen molar-refractivity contribution < 1.29 is 13.9 Å². The first-order valence-electron chi connectivity index (χ1n) is 2.29. The van der Waals surface area contributed by atoms with Crippen molar-refractivity contribution >= 4 is 0 Å². The van der Waals surface area contributed by atoms with Gasteiger partial charge in [0.2, 0.25) is 0 Å². The summed E-state index contributed by atoms with van der Waals surface area (Å²) >= 11 is 0. The topological polar surface area (TPSA) is 46.2 Å². The van der Waals surface area contributed by atoms with Crippen LogP contribution >= 0.6 is 0 Å². The lowest BCUT2D eigenvalue weighted by Gasteiger charge is -2.02. The Morgan fingerprint density at radius 2 is 2.00 bits per heavy atom. The second kappa shape index (κ2) is 1.19. The van der Waals surface area contributed by atoms with Crippen molar-refractivity contribution in [1.29, 1.82) is 0 Å². The van der Waals surface area contributed by atoms with Crippen LogP contribution in [0.3, 0.4) is 0 Å². The molecule has 0 heterocycles. The molecule has 1 unspecified atom stereocenters. The molecule has 48 valence electrons. The number of nitrogens with two attached hydrogens (primary N) is 1. The molecule has 1 aliphatic rings. The zero-order valence-corrected chi connectivity index (χ0v) is 4.19. The van der Waals surface area contributed by atoms with E-state index in [2.05, 4.69) is 0 Å². The number of aliphatic hydroxyl groups excluding tert-OH is 1. The molecule has 1 aliphatic carbocycles. The van der Waals surface area contributed by atoms with Crippen LogP contribution in [-0.2, 0) is 0 Å². The summed E-state index contributed by atoms with van der Waals surface area (Å²) in [5.74, 6) is -2.82. The van der Waals surface area contributed by atoms with Gasteiger partial charge in [0.1, 0.15) is 5.54 Å². The van der Waals surface area contributed by atoms with Gasteiger partial charge in [-0.1, -0.05) is 0 Å². The molecule has 0 radical (unpaired) electrons. The predicted molar refractivity (Wildman–Crippen MR) is 23.6 cm³/mol. The molecule has 0 saturated heterocycles. The fourth-order valence-electron chi connectivity index (χ4n) is 0.524. The first-order valence-corrected chi connectivity index (χ1v) is 2.29. The summed E-state index contributed by atoms with van der Waals surface area (Å²) in [6.07, 6.45) is -0.378. The first kappa shape index (κ1) is 5.91. The van der Waals surface area contributed by atoms with Crippen molar-refractivity contribution in [2.45, 2.75) is 17.9 Å². The standard InChI is InChI=1S/C4H7F2NO/c5-4(6)1-3(4,7)2-8/h8H,1-2,7H2. The third kappa shape index (κ3) is 0.530. The van der Waals surface area contributed by atoms with Gasteiger partial charge in [-0.25, -0.2) is 8.78 Å². The summed E-state index contributed by atoms with van der Waals surface area (Å²) in [6, 6.07) is 0. The molecule has 4 heteroatoms. The normalized spacial score (nSPS) is 42.0. The lowest BCUT2D eigenvalue weighted by molar-refractivity contribution is 0.0700. The number of rotatable bonds is 1. The van der Waals surface area contributed by atoms with E-state index in [0.29, 0.717) is 0 Å².